The average Bonchev–Trinajstić information content (AvgIpc) is 3.25. The van der Waals surface area contributed by atoms with E-state index in [4.69, 9.17) is 4.98 Å². The summed E-state index contributed by atoms with van der Waals surface area (Å²) in [5.74, 6) is 0.336. The van der Waals surface area contributed by atoms with Crippen LogP contribution in [0.25, 0.3) is 16.7 Å². The summed E-state index contributed by atoms with van der Waals surface area (Å²) in [6.07, 6.45) is 5.46. The minimum atomic E-state index is -0.304. The number of carbonyl (C=O) groups is 1. The molecule has 4 heterocycles. The number of piperidine rings is 1. The first-order valence-corrected chi connectivity index (χ1v) is 10.1. The Kier molecular flexibility index (Phi) is 4.58. The third-order valence-corrected chi connectivity index (χ3v) is 5.75. The molecule has 0 radical (unpaired) electrons. The van der Waals surface area contributed by atoms with Crippen molar-refractivity contribution in [2.75, 3.05) is 23.3 Å². The summed E-state index contributed by atoms with van der Waals surface area (Å²) in [5.41, 5.74) is 4.02. The van der Waals surface area contributed by atoms with Crippen molar-refractivity contribution in [1.82, 2.24) is 14.4 Å². The van der Waals surface area contributed by atoms with Gasteiger partial charge in [0.25, 0.3) is 0 Å². The Balaban J connectivity index is 1.42. The number of anilines is 2. The number of hydrogen-bond donors (Lipinski definition) is 1. The number of nitrogens with zero attached hydrogens (tertiary/aromatic N) is 4. The molecule has 1 N–H and O–H groups in total. The first-order chi connectivity index (χ1) is 14.6. The fourth-order valence-corrected chi connectivity index (χ4v) is 4.21. The van der Waals surface area contributed by atoms with Gasteiger partial charge in [0.05, 0.1) is 17.0 Å². The van der Waals surface area contributed by atoms with Crippen LogP contribution < -0.4 is 10.2 Å². The third-order valence-electron chi connectivity index (χ3n) is 5.75. The van der Waals surface area contributed by atoms with Crippen LogP contribution in [0.4, 0.5) is 15.9 Å². The molecule has 6 nitrogen and oxygen atoms in total. The molecule has 0 bridgehead atoms. The fourth-order valence-electron chi connectivity index (χ4n) is 4.21. The lowest BCUT2D eigenvalue weighted by molar-refractivity contribution is -0.120. The van der Waals surface area contributed by atoms with Crippen molar-refractivity contribution in [3.63, 3.8) is 0 Å². The molecular weight excluding hydrogens is 381 g/mol. The maximum Gasteiger partial charge on any atom is 0.229 e. The summed E-state index contributed by atoms with van der Waals surface area (Å²) in [4.78, 5) is 24.4. The molecule has 5 rings (SSSR count). The molecule has 0 saturated carbocycles. The number of aryl methyl sites for hydroxylation is 1. The second-order valence-corrected chi connectivity index (χ2v) is 7.78. The Morgan fingerprint density at radius 3 is 2.93 bits per heavy atom. The lowest BCUT2D eigenvalue weighted by Crippen LogP contribution is -2.41. The van der Waals surface area contributed by atoms with E-state index in [0.717, 1.165) is 36.2 Å². The van der Waals surface area contributed by atoms with Crippen LogP contribution in [0.3, 0.4) is 0 Å². The van der Waals surface area contributed by atoms with Crippen molar-refractivity contribution in [2.24, 2.45) is 5.92 Å². The van der Waals surface area contributed by atoms with E-state index in [1.807, 2.05) is 30.5 Å². The van der Waals surface area contributed by atoms with E-state index in [1.165, 1.54) is 12.1 Å². The molecule has 0 unspecified atom stereocenters. The van der Waals surface area contributed by atoms with Crippen LogP contribution in [0, 0.1) is 18.7 Å². The van der Waals surface area contributed by atoms with Crippen LogP contribution in [0.5, 0.6) is 0 Å². The standard InChI is InChI=1S/C23H22FN5O/c1-15-13-17(24)8-9-18(15)26-23(30)16-5-3-11-28(14-16)22-20-7-4-12-29(20)19-6-2-10-25-21(19)27-22/h2,4,6-10,12-13,16H,3,5,11,14H2,1H3,(H,26,30)/t16-/m0/s1. The second-order valence-electron chi connectivity index (χ2n) is 7.78. The number of aromatic nitrogens is 3. The number of halogens is 1. The maximum absolute atomic E-state index is 13.4. The summed E-state index contributed by atoms with van der Waals surface area (Å²) in [6.45, 7) is 3.21. The van der Waals surface area contributed by atoms with E-state index in [2.05, 4.69) is 19.6 Å². The van der Waals surface area contributed by atoms with E-state index < -0.39 is 0 Å². The van der Waals surface area contributed by atoms with E-state index in [0.29, 0.717) is 23.4 Å². The van der Waals surface area contributed by atoms with Crippen LogP contribution in [0.1, 0.15) is 18.4 Å². The maximum atomic E-state index is 13.4. The molecule has 1 atom stereocenters. The minimum Gasteiger partial charge on any atom is -0.354 e. The largest absolute Gasteiger partial charge is 0.354 e. The van der Waals surface area contributed by atoms with Crippen LogP contribution in [0.2, 0.25) is 0 Å². The number of amides is 1. The van der Waals surface area contributed by atoms with Crippen molar-refractivity contribution in [2.45, 2.75) is 19.8 Å². The van der Waals surface area contributed by atoms with Gasteiger partial charge in [0.2, 0.25) is 5.91 Å². The number of rotatable bonds is 3. The number of carbonyl (C=O) groups excluding carboxylic acids is 1. The van der Waals surface area contributed by atoms with Crippen molar-refractivity contribution in [1.29, 1.82) is 0 Å². The van der Waals surface area contributed by atoms with Crippen LogP contribution in [0.15, 0.2) is 54.9 Å². The summed E-state index contributed by atoms with van der Waals surface area (Å²) in [7, 11) is 0. The van der Waals surface area contributed by atoms with Crippen LogP contribution in [-0.2, 0) is 4.79 Å². The van der Waals surface area contributed by atoms with Crippen LogP contribution >= 0.6 is 0 Å². The molecule has 1 amide bonds. The predicted octanol–water partition coefficient (Wildman–Crippen LogP) is 4.19. The molecule has 1 aliphatic rings. The topological polar surface area (TPSA) is 62.5 Å². The number of benzene rings is 1. The van der Waals surface area contributed by atoms with Gasteiger partial charge in [-0.1, -0.05) is 0 Å². The molecule has 0 spiro atoms. The molecule has 1 saturated heterocycles. The fraction of sp³-hybridized carbons (Fsp3) is 0.261. The lowest BCUT2D eigenvalue weighted by atomic mass is 9.96. The van der Waals surface area contributed by atoms with Crippen molar-refractivity contribution >= 4 is 34.1 Å². The Labute approximate surface area is 173 Å². The zero-order valence-electron chi connectivity index (χ0n) is 16.7. The number of nitrogens with one attached hydrogen (secondary N) is 1. The van der Waals surface area contributed by atoms with Gasteiger partial charge in [0.15, 0.2) is 11.5 Å². The lowest BCUT2D eigenvalue weighted by Gasteiger charge is -2.33. The highest BCUT2D eigenvalue weighted by molar-refractivity contribution is 5.94. The first kappa shape index (κ1) is 18.5. The van der Waals surface area contributed by atoms with E-state index in [1.54, 1.807) is 19.2 Å². The number of pyridine rings is 1. The molecule has 4 aromatic rings. The van der Waals surface area contributed by atoms with Gasteiger partial charge in [0.1, 0.15) is 5.82 Å². The summed E-state index contributed by atoms with van der Waals surface area (Å²) in [6, 6.07) is 12.4. The van der Waals surface area contributed by atoms with Crippen LogP contribution in [-0.4, -0.2) is 33.4 Å². The third kappa shape index (κ3) is 3.26. The number of hydrogen-bond acceptors (Lipinski definition) is 4. The monoisotopic (exact) mass is 403 g/mol. The van der Waals surface area contributed by atoms with E-state index >= 15 is 0 Å². The Hall–Kier alpha value is -3.48. The molecule has 3 aromatic heterocycles. The van der Waals surface area contributed by atoms with Gasteiger partial charge in [0, 0.05) is 31.2 Å². The van der Waals surface area contributed by atoms with Gasteiger partial charge in [-0.15, -0.1) is 0 Å². The summed E-state index contributed by atoms with van der Waals surface area (Å²) >= 11 is 0. The Bertz CT molecular complexity index is 1250. The highest BCUT2D eigenvalue weighted by atomic mass is 19.1. The molecule has 1 aromatic carbocycles. The number of fused-ring (bicyclic) bond motifs is 3. The summed E-state index contributed by atoms with van der Waals surface area (Å²) in [5, 5.41) is 2.97. The molecule has 1 fully saturated rings. The van der Waals surface area contributed by atoms with Gasteiger partial charge >= 0.3 is 0 Å². The quantitative estimate of drug-likeness (QED) is 0.557. The molecule has 0 aliphatic carbocycles. The highest BCUT2D eigenvalue weighted by Gasteiger charge is 2.28. The molecule has 152 valence electrons. The van der Waals surface area contributed by atoms with Crippen molar-refractivity contribution < 1.29 is 9.18 Å². The van der Waals surface area contributed by atoms with Crippen molar-refractivity contribution in [3.05, 3.63) is 66.2 Å². The Morgan fingerprint density at radius 1 is 1.20 bits per heavy atom. The molecule has 1 aliphatic heterocycles. The predicted molar refractivity (Wildman–Crippen MR) is 115 cm³/mol. The van der Waals surface area contributed by atoms with Gasteiger partial charge in [-0.25, -0.2) is 14.4 Å². The van der Waals surface area contributed by atoms with E-state index in [9.17, 15) is 9.18 Å². The van der Waals surface area contributed by atoms with Gasteiger partial charge < -0.3 is 14.6 Å². The summed E-state index contributed by atoms with van der Waals surface area (Å²) < 4.78 is 15.5. The molecule has 7 heteroatoms. The van der Waals surface area contributed by atoms with E-state index in [-0.39, 0.29) is 17.6 Å². The highest BCUT2D eigenvalue weighted by Crippen LogP contribution is 2.29. The zero-order chi connectivity index (χ0) is 20.7. The average molecular weight is 403 g/mol. The second kappa shape index (κ2) is 7.40. The van der Waals surface area contributed by atoms with Gasteiger partial charge in [-0.2, -0.15) is 0 Å². The molecule has 30 heavy (non-hydrogen) atoms. The Morgan fingerprint density at radius 2 is 2.07 bits per heavy atom. The zero-order valence-corrected chi connectivity index (χ0v) is 16.7. The smallest absolute Gasteiger partial charge is 0.229 e. The van der Waals surface area contributed by atoms with Crippen molar-refractivity contribution in [3.8, 4) is 0 Å². The minimum absolute atomic E-state index is 0.0419. The SMILES string of the molecule is Cc1cc(F)ccc1NC(=O)[C@H]1CCCN(c2nc3ncccc3n3cccc23)C1. The normalized spacial score (nSPS) is 16.9. The first-order valence-electron chi connectivity index (χ1n) is 10.1. The molecular formula is C23H22FN5O. The van der Waals surface area contributed by atoms with Gasteiger partial charge in [-0.05, 0) is 67.8 Å². The van der Waals surface area contributed by atoms with Gasteiger partial charge in [-0.3, -0.25) is 4.79 Å².